The van der Waals surface area contributed by atoms with Crippen molar-refractivity contribution in [1.29, 1.82) is 0 Å². The van der Waals surface area contributed by atoms with Crippen LogP contribution in [0, 0.1) is 6.92 Å². The lowest BCUT2D eigenvalue weighted by atomic mass is 9.35. The first kappa shape index (κ1) is 25.8. The van der Waals surface area contributed by atoms with Crippen molar-refractivity contribution < 1.29 is 9.47 Å². The van der Waals surface area contributed by atoms with Gasteiger partial charge in [0.05, 0.1) is 5.69 Å². The largest absolute Gasteiger partial charge is 0.458 e. The highest BCUT2D eigenvalue weighted by Crippen LogP contribution is 2.47. The summed E-state index contributed by atoms with van der Waals surface area (Å²) in [7, 11) is 0. The Hall–Kier alpha value is -5.52. The molecule has 46 heavy (non-hydrogen) atoms. The number of para-hydroxylation sites is 2. The quantitative estimate of drug-likeness (QED) is 0.187. The third kappa shape index (κ3) is 3.73. The Balaban J connectivity index is 1.25. The SMILES string of the molecule is Cc1ccc2c(c1)B1c3cc4sc5cc(N(c6ccccc6)c6ccccc6)c6ccccc6c5c4cc3Oc3cccc(c31)O2. The summed E-state index contributed by atoms with van der Waals surface area (Å²) in [6, 6.07) is 49.8. The van der Waals surface area contributed by atoms with E-state index >= 15 is 0 Å². The van der Waals surface area contributed by atoms with Crippen molar-refractivity contribution in [3.05, 3.63) is 145 Å². The normalized spacial score (nSPS) is 12.8. The molecular formula is C41H26BNO2S. The number of nitrogens with zero attached hydrogens (tertiary/aromatic N) is 1. The Bertz CT molecular complexity index is 2470. The van der Waals surface area contributed by atoms with Gasteiger partial charge in [-0.3, -0.25) is 0 Å². The lowest BCUT2D eigenvalue weighted by Crippen LogP contribution is -2.57. The third-order valence-electron chi connectivity index (χ3n) is 9.40. The number of thiophene rings is 1. The van der Waals surface area contributed by atoms with Crippen LogP contribution in [0.15, 0.2) is 140 Å². The van der Waals surface area contributed by atoms with Gasteiger partial charge in [0.2, 0.25) is 0 Å². The highest BCUT2D eigenvalue weighted by Gasteiger charge is 2.40. The molecule has 0 saturated heterocycles. The van der Waals surface area contributed by atoms with Gasteiger partial charge < -0.3 is 14.4 Å². The Morgan fingerprint density at radius 2 is 1.17 bits per heavy atom. The predicted molar refractivity (Wildman–Crippen MR) is 194 cm³/mol. The standard InChI is InChI=1S/C41H26BNO2S/c1-25-19-20-34-31(21-25)42-32-23-38-30(22-37(32)45-36-18-10-17-35(44-34)41(36)42)40-29-16-9-8-15-28(29)33(24-39(40)46-38)43(26-11-4-2-5-12-26)27-13-6-3-7-14-27/h2-24H,1H3. The first-order valence-corrected chi connectivity index (χ1v) is 16.4. The van der Waals surface area contributed by atoms with Gasteiger partial charge >= 0.3 is 0 Å². The van der Waals surface area contributed by atoms with Crippen LogP contribution in [0.1, 0.15) is 5.56 Å². The average molecular weight is 608 g/mol. The lowest BCUT2D eigenvalue weighted by molar-refractivity contribution is 0.465. The highest BCUT2D eigenvalue weighted by atomic mass is 32.1. The van der Waals surface area contributed by atoms with Crippen molar-refractivity contribution >= 4 is 82.4 Å². The molecule has 5 heteroatoms. The van der Waals surface area contributed by atoms with E-state index in [9.17, 15) is 0 Å². The van der Waals surface area contributed by atoms with Gasteiger partial charge in [-0.25, -0.2) is 0 Å². The number of aryl methyl sites for hydroxylation is 1. The first-order valence-electron chi connectivity index (χ1n) is 15.6. The third-order valence-corrected chi connectivity index (χ3v) is 10.5. The molecule has 0 amide bonds. The number of hydrogen-bond acceptors (Lipinski definition) is 4. The van der Waals surface area contributed by atoms with Crippen LogP contribution in [0.5, 0.6) is 23.0 Å². The maximum absolute atomic E-state index is 6.70. The van der Waals surface area contributed by atoms with E-state index in [1.54, 1.807) is 0 Å². The summed E-state index contributed by atoms with van der Waals surface area (Å²) in [4.78, 5) is 2.37. The zero-order valence-electron chi connectivity index (χ0n) is 25.0. The molecule has 0 saturated carbocycles. The molecule has 7 aromatic carbocycles. The summed E-state index contributed by atoms with van der Waals surface area (Å²) in [6.07, 6.45) is 0. The second-order valence-corrected chi connectivity index (χ2v) is 13.2. The van der Waals surface area contributed by atoms with E-state index in [-0.39, 0.29) is 6.71 Å². The number of ether oxygens (including phenoxy) is 2. The number of fused-ring (bicyclic) bond motifs is 9. The molecule has 0 fully saturated rings. The number of benzene rings is 7. The molecule has 0 atom stereocenters. The van der Waals surface area contributed by atoms with E-state index in [2.05, 4.69) is 145 Å². The van der Waals surface area contributed by atoms with Crippen LogP contribution in [0.3, 0.4) is 0 Å². The van der Waals surface area contributed by atoms with Gasteiger partial charge in [-0.15, -0.1) is 11.3 Å². The van der Waals surface area contributed by atoms with Crippen molar-refractivity contribution in [1.82, 2.24) is 0 Å². The Morgan fingerprint density at radius 3 is 1.91 bits per heavy atom. The molecule has 216 valence electrons. The van der Waals surface area contributed by atoms with Gasteiger partial charge in [0.15, 0.2) is 0 Å². The molecule has 1 aromatic heterocycles. The molecule has 2 aliphatic rings. The summed E-state index contributed by atoms with van der Waals surface area (Å²) in [5.74, 6) is 3.58. The summed E-state index contributed by atoms with van der Waals surface area (Å²) in [6.45, 7) is 2.20. The fraction of sp³-hybridized carbons (Fsp3) is 0.0244. The number of hydrogen-bond donors (Lipinski definition) is 0. The van der Waals surface area contributed by atoms with Crippen molar-refractivity contribution in [2.45, 2.75) is 6.92 Å². The van der Waals surface area contributed by atoms with Crippen molar-refractivity contribution in [2.24, 2.45) is 0 Å². The minimum atomic E-state index is 0.0483. The van der Waals surface area contributed by atoms with Gasteiger partial charge in [0.1, 0.15) is 23.0 Å². The minimum absolute atomic E-state index is 0.0483. The van der Waals surface area contributed by atoms with Crippen LogP contribution in [0.2, 0.25) is 0 Å². The average Bonchev–Trinajstić information content (AvgIpc) is 3.46. The number of anilines is 3. The molecule has 10 rings (SSSR count). The smallest absolute Gasteiger partial charge is 0.260 e. The highest BCUT2D eigenvalue weighted by molar-refractivity contribution is 7.26. The molecule has 0 spiro atoms. The van der Waals surface area contributed by atoms with Gasteiger partial charge in [0.25, 0.3) is 6.71 Å². The molecule has 0 bridgehead atoms. The van der Waals surface area contributed by atoms with Gasteiger partial charge in [-0.05, 0) is 83.9 Å². The van der Waals surface area contributed by atoms with Crippen molar-refractivity contribution in [3.63, 3.8) is 0 Å². The summed E-state index contributed by atoms with van der Waals surface area (Å²) < 4.78 is 15.6. The number of rotatable bonds is 3. The summed E-state index contributed by atoms with van der Waals surface area (Å²) >= 11 is 1.86. The van der Waals surface area contributed by atoms with Gasteiger partial charge in [-0.1, -0.05) is 84.4 Å². The van der Waals surface area contributed by atoms with E-state index in [4.69, 9.17) is 9.47 Å². The zero-order chi connectivity index (χ0) is 30.4. The van der Waals surface area contributed by atoms with Crippen LogP contribution in [0.4, 0.5) is 17.1 Å². The van der Waals surface area contributed by atoms with E-state index in [1.165, 1.54) is 53.1 Å². The zero-order valence-corrected chi connectivity index (χ0v) is 25.8. The fourth-order valence-electron chi connectivity index (χ4n) is 7.43. The summed E-state index contributed by atoms with van der Waals surface area (Å²) in [5.41, 5.74) is 8.14. The molecular weight excluding hydrogens is 581 g/mol. The molecule has 2 aliphatic heterocycles. The molecule has 8 aromatic rings. The van der Waals surface area contributed by atoms with Crippen molar-refractivity contribution in [2.75, 3.05) is 4.90 Å². The lowest BCUT2D eigenvalue weighted by Gasteiger charge is -2.33. The van der Waals surface area contributed by atoms with Gasteiger partial charge in [-0.2, -0.15) is 0 Å². The van der Waals surface area contributed by atoms with Crippen LogP contribution in [0.25, 0.3) is 30.9 Å². The topological polar surface area (TPSA) is 21.7 Å². The second-order valence-electron chi connectivity index (χ2n) is 12.2. The Labute approximate surface area is 271 Å². The van der Waals surface area contributed by atoms with Crippen LogP contribution in [-0.4, -0.2) is 6.71 Å². The maximum Gasteiger partial charge on any atom is 0.260 e. The van der Waals surface area contributed by atoms with Gasteiger partial charge in [0, 0.05) is 42.4 Å². The fourth-order valence-corrected chi connectivity index (χ4v) is 8.62. The van der Waals surface area contributed by atoms with Crippen molar-refractivity contribution in [3.8, 4) is 23.0 Å². The predicted octanol–water partition coefficient (Wildman–Crippen LogP) is 9.71. The molecule has 0 N–H and O–H groups in total. The molecule has 3 heterocycles. The summed E-state index contributed by atoms with van der Waals surface area (Å²) in [5, 5.41) is 4.95. The maximum atomic E-state index is 6.70. The van der Waals surface area contributed by atoms with Crippen LogP contribution < -0.4 is 30.8 Å². The Kier molecular flexibility index (Phi) is 5.46. The van der Waals surface area contributed by atoms with Crippen LogP contribution >= 0.6 is 11.3 Å². The monoisotopic (exact) mass is 607 g/mol. The van der Waals surface area contributed by atoms with Crippen LogP contribution in [-0.2, 0) is 0 Å². The van der Waals surface area contributed by atoms with E-state index in [0.29, 0.717) is 0 Å². The van der Waals surface area contributed by atoms with E-state index in [1.807, 2.05) is 17.4 Å². The molecule has 0 unspecified atom stereocenters. The molecule has 3 nitrogen and oxygen atoms in total. The molecule has 0 aliphatic carbocycles. The van der Waals surface area contributed by atoms with E-state index < -0.39 is 0 Å². The second kappa shape index (κ2) is 9.74. The Morgan fingerprint density at radius 1 is 0.522 bits per heavy atom. The molecule has 0 radical (unpaired) electrons. The minimum Gasteiger partial charge on any atom is -0.458 e. The first-order chi connectivity index (χ1) is 22.7. The van der Waals surface area contributed by atoms with E-state index in [0.717, 1.165) is 39.8 Å².